The summed E-state index contributed by atoms with van der Waals surface area (Å²) in [5, 5.41) is 1.09. The molecule has 0 radical (unpaired) electrons. The lowest BCUT2D eigenvalue weighted by molar-refractivity contribution is -0.130. The second kappa shape index (κ2) is 10.5. The van der Waals surface area contributed by atoms with Gasteiger partial charge in [0.05, 0.1) is 15.7 Å². The fourth-order valence-corrected chi connectivity index (χ4v) is 4.44. The Morgan fingerprint density at radius 1 is 1.06 bits per heavy atom. The number of aryl methyl sites for hydroxylation is 1. The van der Waals surface area contributed by atoms with Crippen molar-refractivity contribution in [1.29, 1.82) is 0 Å². The lowest BCUT2D eigenvalue weighted by Gasteiger charge is -2.37. The van der Waals surface area contributed by atoms with Gasteiger partial charge >= 0.3 is 0 Å². The van der Waals surface area contributed by atoms with E-state index in [9.17, 15) is 4.79 Å². The second-order valence-electron chi connectivity index (χ2n) is 8.18. The van der Waals surface area contributed by atoms with Gasteiger partial charge in [-0.05, 0) is 18.6 Å². The first-order valence-corrected chi connectivity index (χ1v) is 12.0. The maximum atomic E-state index is 13.0. The number of nitrogens with zero attached hydrogens (tertiary/aromatic N) is 4. The molecule has 0 spiro atoms. The summed E-state index contributed by atoms with van der Waals surface area (Å²) >= 11 is 12.5. The molecule has 8 heteroatoms. The highest BCUT2D eigenvalue weighted by atomic mass is 35.5. The summed E-state index contributed by atoms with van der Waals surface area (Å²) in [6, 6.07) is 16.1. The summed E-state index contributed by atoms with van der Waals surface area (Å²) in [6.45, 7) is 4.97. The van der Waals surface area contributed by atoms with Crippen LogP contribution in [0.25, 0.3) is 11.3 Å². The van der Waals surface area contributed by atoms with Crippen molar-refractivity contribution in [2.75, 3.05) is 49.6 Å². The molecular weight excluding hydrogens is 459 g/mol. The van der Waals surface area contributed by atoms with Crippen molar-refractivity contribution in [3.05, 3.63) is 64.3 Å². The van der Waals surface area contributed by atoms with E-state index in [1.807, 2.05) is 54.4 Å². The van der Waals surface area contributed by atoms with Crippen LogP contribution in [-0.2, 0) is 11.2 Å². The molecule has 174 valence electrons. The van der Waals surface area contributed by atoms with Crippen LogP contribution in [0.15, 0.2) is 52.9 Å². The fraction of sp³-hybridized carbons (Fsp3) is 0.360. The highest BCUT2D eigenvalue weighted by Gasteiger charge is 2.25. The van der Waals surface area contributed by atoms with Crippen molar-refractivity contribution in [2.24, 2.45) is 0 Å². The Bertz CT molecular complexity index is 1100. The maximum absolute atomic E-state index is 13.0. The summed E-state index contributed by atoms with van der Waals surface area (Å²) in [6.07, 6.45) is 1.76. The van der Waals surface area contributed by atoms with Crippen molar-refractivity contribution in [2.45, 2.75) is 19.8 Å². The molecule has 0 aliphatic carbocycles. The van der Waals surface area contributed by atoms with Gasteiger partial charge in [0.2, 0.25) is 5.91 Å². The normalized spacial score (nSPS) is 13.9. The number of benzene rings is 2. The standard InChI is InChI=1S/C25H28Cl2N4O2/c1-3-8-21-24(18-9-5-4-6-10-18)28-25(33-21)29(2)17-22(32)31-15-13-30(14-16-31)20-12-7-11-19(26)23(20)27/h4-7,9-12H,3,8,13-17H2,1-2H3. The molecule has 1 fully saturated rings. The molecule has 1 aromatic heterocycles. The molecule has 6 nitrogen and oxygen atoms in total. The van der Waals surface area contributed by atoms with Crippen LogP contribution in [0.1, 0.15) is 19.1 Å². The van der Waals surface area contributed by atoms with E-state index in [1.54, 1.807) is 11.0 Å². The zero-order chi connectivity index (χ0) is 23.4. The molecule has 1 amide bonds. The van der Waals surface area contributed by atoms with Gasteiger partial charge in [-0.1, -0.05) is 66.5 Å². The van der Waals surface area contributed by atoms with Crippen LogP contribution >= 0.6 is 23.2 Å². The highest BCUT2D eigenvalue weighted by Crippen LogP contribution is 2.33. The molecule has 3 aromatic rings. The lowest BCUT2D eigenvalue weighted by atomic mass is 10.1. The molecule has 1 aliphatic heterocycles. The van der Waals surface area contributed by atoms with Crippen LogP contribution in [0.4, 0.5) is 11.7 Å². The van der Waals surface area contributed by atoms with Gasteiger partial charge in [0.15, 0.2) is 0 Å². The zero-order valence-electron chi connectivity index (χ0n) is 18.9. The van der Waals surface area contributed by atoms with Gasteiger partial charge in [-0.2, -0.15) is 4.98 Å². The van der Waals surface area contributed by atoms with Gasteiger partial charge in [-0.25, -0.2) is 0 Å². The van der Waals surface area contributed by atoms with Crippen molar-refractivity contribution in [1.82, 2.24) is 9.88 Å². The predicted molar refractivity (Wildman–Crippen MR) is 134 cm³/mol. The van der Waals surface area contributed by atoms with Crippen LogP contribution in [0.2, 0.25) is 10.0 Å². The number of hydrogen-bond acceptors (Lipinski definition) is 5. The van der Waals surface area contributed by atoms with E-state index in [0.717, 1.165) is 35.5 Å². The highest BCUT2D eigenvalue weighted by molar-refractivity contribution is 6.43. The first-order chi connectivity index (χ1) is 16.0. The van der Waals surface area contributed by atoms with Crippen molar-refractivity contribution < 1.29 is 9.21 Å². The van der Waals surface area contributed by atoms with Crippen molar-refractivity contribution >= 4 is 40.8 Å². The van der Waals surface area contributed by atoms with E-state index >= 15 is 0 Å². The number of halogens is 2. The smallest absolute Gasteiger partial charge is 0.298 e. The summed E-state index contributed by atoms with van der Waals surface area (Å²) < 4.78 is 6.07. The Balaban J connectivity index is 1.40. The number of rotatable bonds is 7. The zero-order valence-corrected chi connectivity index (χ0v) is 20.4. The third kappa shape index (κ3) is 5.28. The lowest BCUT2D eigenvalue weighted by Crippen LogP contribution is -2.51. The Labute approximate surface area is 204 Å². The van der Waals surface area contributed by atoms with Crippen molar-refractivity contribution in [3.63, 3.8) is 0 Å². The molecule has 4 rings (SSSR count). The van der Waals surface area contributed by atoms with E-state index in [4.69, 9.17) is 32.6 Å². The van der Waals surface area contributed by atoms with Crippen LogP contribution < -0.4 is 9.80 Å². The second-order valence-corrected chi connectivity index (χ2v) is 8.97. The van der Waals surface area contributed by atoms with E-state index in [2.05, 4.69) is 11.8 Å². The molecule has 2 aromatic carbocycles. The summed E-state index contributed by atoms with van der Waals surface area (Å²) in [4.78, 5) is 23.5. The van der Waals surface area contributed by atoms with Gasteiger partial charge in [0.25, 0.3) is 6.01 Å². The van der Waals surface area contributed by atoms with Crippen LogP contribution in [0.5, 0.6) is 0 Å². The van der Waals surface area contributed by atoms with Gasteiger partial charge in [-0.3, -0.25) is 4.79 Å². The Morgan fingerprint density at radius 2 is 1.79 bits per heavy atom. The molecular formula is C25H28Cl2N4O2. The van der Waals surface area contributed by atoms with Crippen molar-refractivity contribution in [3.8, 4) is 11.3 Å². The number of anilines is 2. The van der Waals surface area contributed by atoms with E-state index < -0.39 is 0 Å². The topological polar surface area (TPSA) is 52.8 Å². The number of aromatic nitrogens is 1. The van der Waals surface area contributed by atoms with E-state index in [0.29, 0.717) is 42.2 Å². The molecule has 0 unspecified atom stereocenters. The Morgan fingerprint density at radius 3 is 2.48 bits per heavy atom. The van der Waals surface area contributed by atoms with Gasteiger partial charge in [0.1, 0.15) is 18.0 Å². The predicted octanol–water partition coefficient (Wildman–Crippen LogP) is 5.39. The summed E-state index contributed by atoms with van der Waals surface area (Å²) in [7, 11) is 1.84. The Hall–Kier alpha value is -2.70. The fourth-order valence-electron chi connectivity index (χ4n) is 4.02. The summed E-state index contributed by atoms with van der Waals surface area (Å²) in [5.74, 6) is 0.899. The minimum Gasteiger partial charge on any atom is -0.428 e. The number of carbonyl (C=O) groups is 1. The quantitative estimate of drug-likeness (QED) is 0.448. The van der Waals surface area contributed by atoms with E-state index in [-0.39, 0.29) is 12.5 Å². The molecule has 2 heterocycles. The average molecular weight is 487 g/mol. The number of oxazole rings is 1. The molecule has 0 saturated carbocycles. The first kappa shape index (κ1) is 23.5. The monoisotopic (exact) mass is 486 g/mol. The minimum atomic E-state index is 0.0471. The largest absolute Gasteiger partial charge is 0.428 e. The van der Waals surface area contributed by atoms with Crippen LogP contribution in [0.3, 0.4) is 0 Å². The number of likely N-dealkylation sites (N-methyl/N-ethyl adjacent to an activating group) is 1. The SMILES string of the molecule is CCCc1oc(N(C)CC(=O)N2CCN(c3cccc(Cl)c3Cl)CC2)nc1-c1ccccc1. The molecule has 0 N–H and O–H groups in total. The van der Waals surface area contributed by atoms with E-state index in [1.165, 1.54) is 0 Å². The summed E-state index contributed by atoms with van der Waals surface area (Å²) in [5.41, 5.74) is 2.77. The number of hydrogen-bond donors (Lipinski definition) is 0. The average Bonchev–Trinajstić information content (AvgIpc) is 3.26. The van der Waals surface area contributed by atoms with Crippen LogP contribution in [0, 0.1) is 0 Å². The first-order valence-electron chi connectivity index (χ1n) is 11.2. The third-order valence-corrected chi connectivity index (χ3v) is 6.62. The molecule has 1 saturated heterocycles. The maximum Gasteiger partial charge on any atom is 0.298 e. The molecule has 1 aliphatic rings. The molecule has 0 bridgehead atoms. The Kier molecular flexibility index (Phi) is 7.46. The van der Waals surface area contributed by atoms with Gasteiger partial charge < -0.3 is 19.1 Å². The molecule has 33 heavy (non-hydrogen) atoms. The number of piperazine rings is 1. The van der Waals surface area contributed by atoms with Gasteiger partial charge in [0, 0.05) is 45.2 Å². The van der Waals surface area contributed by atoms with Gasteiger partial charge in [-0.15, -0.1) is 0 Å². The minimum absolute atomic E-state index is 0.0471. The number of carbonyl (C=O) groups excluding carboxylic acids is 1. The number of amides is 1. The van der Waals surface area contributed by atoms with Crippen LogP contribution in [-0.4, -0.2) is 55.6 Å². The third-order valence-electron chi connectivity index (χ3n) is 5.81. The molecule has 0 atom stereocenters.